The molecule has 0 radical (unpaired) electrons. The van der Waals surface area contributed by atoms with Gasteiger partial charge in [0.25, 0.3) is 11.1 Å². The molecule has 0 fully saturated rings. The Labute approximate surface area is 111 Å². The average molecular weight is 264 g/mol. The molecule has 0 aliphatic heterocycles. The summed E-state index contributed by atoms with van der Waals surface area (Å²) in [6.07, 6.45) is 0. The summed E-state index contributed by atoms with van der Waals surface area (Å²) in [6, 6.07) is 7.86. The number of hydrogen-bond acceptors (Lipinski definition) is 5. The van der Waals surface area contributed by atoms with Crippen LogP contribution in [0.4, 0.5) is 0 Å². The van der Waals surface area contributed by atoms with Crippen molar-refractivity contribution in [1.29, 1.82) is 0 Å². The SMILES string of the molecule is Cc1cccc(OCc2nnc(SC(C)C)o2)c1. The van der Waals surface area contributed by atoms with Gasteiger partial charge in [-0.15, -0.1) is 10.2 Å². The lowest BCUT2D eigenvalue weighted by Crippen LogP contribution is -1.95. The zero-order valence-corrected chi connectivity index (χ0v) is 11.5. The van der Waals surface area contributed by atoms with Gasteiger partial charge in [-0.05, 0) is 24.6 Å². The van der Waals surface area contributed by atoms with Gasteiger partial charge in [-0.25, -0.2) is 0 Å². The molecule has 1 aromatic carbocycles. The minimum Gasteiger partial charge on any atom is -0.484 e. The van der Waals surface area contributed by atoms with Crippen LogP contribution in [0.15, 0.2) is 33.9 Å². The third kappa shape index (κ3) is 3.77. The number of ether oxygens (including phenoxy) is 1. The number of hydrogen-bond donors (Lipinski definition) is 0. The van der Waals surface area contributed by atoms with Crippen LogP contribution in [0.3, 0.4) is 0 Å². The summed E-state index contributed by atoms with van der Waals surface area (Å²) in [5, 5.41) is 8.91. The first-order chi connectivity index (χ1) is 8.63. The van der Waals surface area contributed by atoms with Crippen LogP contribution in [-0.2, 0) is 6.61 Å². The summed E-state index contributed by atoms with van der Waals surface area (Å²) in [4.78, 5) is 0. The van der Waals surface area contributed by atoms with Gasteiger partial charge in [0.1, 0.15) is 5.75 Å². The van der Waals surface area contributed by atoms with Crippen LogP contribution in [0.5, 0.6) is 5.75 Å². The smallest absolute Gasteiger partial charge is 0.276 e. The maximum atomic E-state index is 5.59. The van der Waals surface area contributed by atoms with Crippen molar-refractivity contribution in [2.45, 2.75) is 37.9 Å². The fourth-order valence-corrected chi connectivity index (χ4v) is 2.03. The second-order valence-corrected chi connectivity index (χ2v) is 5.76. The highest BCUT2D eigenvalue weighted by atomic mass is 32.2. The highest BCUT2D eigenvalue weighted by Crippen LogP contribution is 2.21. The largest absolute Gasteiger partial charge is 0.484 e. The summed E-state index contributed by atoms with van der Waals surface area (Å²) in [5.41, 5.74) is 1.16. The fraction of sp³-hybridized carbons (Fsp3) is 0.385. The van der Waals surface area contributed by atoms with Crippen LogP contribution in [0.2, 0.25) is 0 Å². The van der Waals surface area contributed by atoms with E-state index in [-0.39, 0.29) is 0 Å². The second-order valence-electron chi connectivity index (χ2n) is 4.23. The Kier molecular flexibility index (Phi) is 4.25. The summed E-state index contributed by atoms with van der Waals surface area (Å²) in [6.45, 7) is 6.49. The van der Waals surface area contributed by atoms with Gasteiger partial charge in [0.2, 0.25) is 0 Å². The Morgan fingerprint density at radius 2 is 2.17 bits per heavy atom. The first kappa shape index (κ1) is 13.0. The fourth-order valence-electron chi connectivity index (χ4n) is 1.40. The van der Waals surface area contributed by atoms with Gasteiger partial charge in [0, 0.05) is 5.25 Å². The molecule has 4 nitrogen and oxygen atoms in total. The van der Waals surface area contributed by atoms with Crippen molar-refractivity contribution < 1.29 is 9.15 Å². The van der Waals surface area contributed by atoms with E-state index in [0.717, 1.165) is 11.3 Å². The molecule has 2 rings (SSSR count). The zero-order valence-electron chi connectivity index (χ0n) is 10.7. The molecule has 0 amide bonds. The molecule has 0 saturated carbocycles. The molecule has 1 heterocycles. The third-order valence-electron chi connectivity index (χ3n) is 2.14. The molecule has 2 aromatic rings. The summed E-state index contributed by atoms with van der Waals surface area (Å²) in [7, 11) is 0. The number of nitrogens with zero attached hydrogens (tertiary/aromatic N) is 2. The Bertz CT molecular complexity index is 511. The lowest BCUT2D eigenvalue weighted by molar-refractivity contribution is 0.252. The van der Waals surface area contributed by atoms with E-state index in [4.69, 9.17) is 9.15 Å². The van der Waals surface area contributed by atoms with Gasteiger partial charge < -0.3 is 9.15 Å². The molecule has 96 valence electrons. The van der Waals surface area contributed by atoms with E-state index >= 15 is 0 Å². The zero-order chi connectivity index (χ0) is 13.0. The van der Waals surface area contributed by atoms with E-state index in [2.05, 4.69) is 24.0 Å². The molecule has 0 N–H and O–H groups in total. The Hall–Kier alpha value is -1.49. The molecule has 0 unspecified atom stereocenters. The number of aryl methyl sites for hydroxylation is 1. The number of thioether (sulfide) groups is 1. The van der Waals surface area contributed by atoms with E-state index in [1.54, 1.807) is 11.8 Å². The molecular weight excluding hydrogens is 248 g/mol. The minimum absolute atomic E-state index is 0.301. The maximum Gasteiger partial charge on any atom is 0.276 e. The van der Waals surface area contributed by atoms with Gasteiger partial charge in [0.05, 0.1) is 0 Å². The Balaban J connectivity index is 1.92. The number of rotatable bonds is 5. The molecule has 0 aliphatic carbocycles. The molecule has 1 aromatic heterocycles. The molecule has 0 spiro atoms. The summed E-state index contributed by atoms with van der Waals surface area (Å²) in [5.74, 6) is 1.31. The lowest BCUT2D eigenvalue weighted by Gasteiger charge is -2.03. The minimum atomic E-state index is 0.301. The second kappa shape index (κ2) is 5.91. The summed E-state index contributed by atoms with van der Waals surface area (Å²) >= 11 is 1.55. The Morgan fingerprint density at radius 1 is 1.33 bits per heavy atom. The van der Waals surface area contributed by atoms with Crippen molar-refractivity contribution in [3.63, 3.8) is 0 Å². The van der Waals surface area contributed by atoms with E-state index in [9.17, 15) is 0 Å². The van der Waals surface area contributed by atoms with Crippen molar-refractivity contribution in [2.24, 2.45) is 0 Å². The third-order valence-corrected chi connectivity index (χ3v) is 2.97. The van der Waals surface area contributed by atoms with Gasteiger partial charge in [-0.1, -0.05) is 37.7 Å². The standard InChI is InChI=1S/C13H16N2O2S/c1-9(2)18-13-15-14-12(17-13)8-16-11-6-4-5-10(3)7-11/h4-7,9H,8H2,1-3H3. The molecule has 0 bridgehead atoms. The van der Waals surface area contributed by atoms with Crippen molar-refractivity contribution in [3.8, 4) is 5.75 Å². The monoisotopic (exact) mass is 264 g/mol. The van der Waals surface area contributed by atoms with Crippen molar-refractivity contribution in [2.75, 3.05) is 0 Å². The molecular formula is C13H16N2O2S. The van der Waals surface area contributed by atoms with E-state index in [0.29, 0.717) is 23.0 Å². The number of benzene rings is 1. The van der Waals surface area contributed by atoms with Crippen LogP contribution in [0, 0.1) is 6.92 Å². The van der Waals surface area contributed by atoms with E-state index < -0.39 is 0 Å². The van der Waals surface area contributed by atoms with Crippen LogP contribution < -0.4 is 4.74 Å². The molecule has 0 aliphatic rings. The average Bonchev–Trinajstić information content (AvgIpc) is 2.73. The van der Waals surface area contributed by atoms with Crippen molar-refractivity contribution >= 4 is 11.8 Å². The van der Waals surface area contributed by atoms with Gasteiger partial charge >= 0.3 is 0 Å². The van der Waals surface area contributed by atoms with Gasteiger partial charge in [0.15, 0.2) is 6.61 Å². The van der Waals surface area contributed by atoms with E-state index in [1.807, 2.05) is 31.2 Å². The maximum absolute atomic E-state index is 5.59. The topological polar surface area (TPSA) is 48.2 Å². The Morgan fingerprint density at radius 3 is 2.89 bits per heavy atom. The van der Waals surface area contributed by atoms with Crippen molar-refractivity contribution in [3.05, 3.63) is 35.7 Å². The lowest BCUT2D eigenvalue weighted by atomic mass is 10.2. The molecule has 18 heavy (non-hydrogen) atoms. The van der Waals surface area contributed by atoms with Crippen LogP contribution >= 0.6 is 11.8 Å². The highest BCUT2D eigenvalue weighted by molar-refractivity contribution is 7.99. The first-order valence-corrected chi connectivity index (χ1v) is 6.70. The van der Waals surface area contributed by atoms with Crippen LogP contribution in [0.25, 0.3) is 0 Å². The predicted molar refractivity (Wildman–Crippen MR) is 70.8 cm³/mol. The number of aromatic nitrogens is 2. The predicted octanol–water partition coefficient (Wildman–Crippen LogP) is 3.46. The summed E-state index contributed by atoms with van der Waals surface area (Å²) < 4.78 is 11.0. The quantitative estimate of drug-likeness (QED) is 0.774. The van der Waals surface area contributed by atoms with Gasteiger partial charge in [-0.2, -0.15) is 0 Å². The van der Waals surface area contributed by atoms with Crippen LogP contribution in [-0.4, -0.2) is 15.4 Å². The highest BCUT2D eigenvalue weighted by Gasteiger charge is 2.09. The normalized spacial score (nSPS) is 10.9. The molecule has 0 saturated heterocycles. The van der Waals surface area contributed by atoms with Crippen LogP contribution in [0.1, 0.15) is 25.3 Å². The molecule has 0 atom stereocenters. The van der Waals surface area contributed by atoms with Gasteiger partial charge in [-0.3, -0.25) is 0 Å². The van der Waals surface area contributed by atoms with E-state index in [1.165, 1.54) is 0 Å². The molecule has 5 heteroatoms. The van der Waals surface area contributed by atoms with Crippen molar-refractivity contribution in [1.82, 2.24) is 10.2 Å². The first-order valence-electron chi connectivity index (χ1n) is 5.82.